The highest BCUT2D eigenvalue weighted by Gasteiger charge is 2.23. The highest BCUT2D eigenvalue weighted by Crippen LogP contribution is 2.24. The molecule has 0 radical (unpaired) electrons. The lowest BCUT2D eigenvalue weighted by atomic mass is 10.1. The number of hydrogen-bond acceptors (Lipinski definition) is 2. The first-order chi connectivity index (χ1) is 5.75. The Balaban J connectivity index is 2.40. The van der Waals surface area contributed by atoms with Crippen LogP contribution < -0.4 is 0 Å². The maximum absolute atomic E-state index is 8.90. The van der Waals surface area contributed by atoms with E-state index in [1.807, 2.05) is 0 Å². The number of nitrogens with zero attached hydrogens (tertiary/aromatic N) is 1. The van der Waals surface area contributed by atoms with Crippen molar-refractivity contribution in [2.75, 3.05) is 13.2 Å². The van der Waals surface area contributed by atoms with Crippen molar-refractivity contribution in [2.24, 2.45) is 0 Å². The Morgan fingerprint density at radius 2 is 1.92 bits per heavy atom. The maximum Gasteiger partial charge on any atom is 0.0558 e. The predicted octanol–water partition coefficient (Wildman–Crippen LogP) is 1.63. The maximum atomic E-state index is 8.90. The second-order valence-electron chi connectivity index (χ2n) is 3.99. The van der Waals surface area contributed by atoms with Gasteiger partial charge in [0.25, 0.3) is 0 Å². The average molecular weight is 171 g/mol. The zero-order valence-corrected chi connectivity index (χ0v) is 8.29. The van der Waals surface area contributed by atoms with Gasteiger partial charge in [0.15, 0.2) is 0 Å². The minimum absolute atomic E-state index is 0.300. The van der Waals surface area contributed by atoms with Crippen LogP contribution in [0.25, 0.3) is 0 Å². The summed E-state index contributed by atoms with van der Waals surface area (Å²) in [5, 5.41) is 8.90. The molecule has 1 N–H and O–H groups in total. The molecule has 0 heterocycles. The highest BCUT2D eigenvalue weighted by molar-refractivity contribution is 4.79. The van der Waals surface area contributed by atoms with Crippen molar-refractivity contribution in [3.63, 3.8) is 0 Å². The van der Waals surface area contributed by atoms with Crippen LogP contribution in [0.15, 0.2) is 0 Å². The first kappa shape index (κ1) is 10.0. The van der Waals surface area contributed by atoms with Gasteiger partial charge in [-0.15, -0.1) is 0 Å². The molecule has 0 aromatic carbocycles. The SMILES string of the molecule is CC(C)N(CCO)C1CCCC1. The van der Waals surface area contributed by atoms with Crippen LogP contribution >= 0.6 is 0 Å². The zero-order valence-electron chi connectivity index (χ0n) is 8.29. The van der Waals surface area contributed by atoms with Crippen molar-refractivity contribution in [3.05, 3.63) is 0 Å². The van der Waals surface area contributed by atoms with E-state index in [2.05, 4.69) is 18.7 Å². The summed E-state index contributed by atoms with van der Waals surface area (Å²) < 4.78 is 0. The third-order valence-electron chi connectivity index (χ3n) is 2.82. The van der Waals surface area contributed by atoms with E-state index in [1.54, 1.807) is 0 Å². The third kappa shape index (κ3) is 2.46. The molecule has 0 bridgehead atoms. The van der Waals surface area contributed by atoms with Crippen LogP contribution in [0.5, 0.6) is 0 Å². The quantitative estimate of drug-likeness (QED) is 0.695. The average Bonchev–Trinajstić information content (AvgIpc) is 2.51. The Morgan fingerprint density at radius 3 is 2.33 bits per heavy atom. The summed E-state index contributed by atoms with van der Waals surface area (Å²) in [5.74, 6) is 0. The smallest absolute Gasteiger partial charge is 0.0558 e. The molecule has 1 saturated carbocycles. The largest absolute Gasteiger partial charge is 0.395 e. The summed E-state index contributed by atoms with van der Waals surface area (Å²) in [6.07, 6.45) is 5.41. The van der Waals surface area contributed by atoms with E-state index >= 15 is 0 Å². The van der Waals surface area contributed by atoms with Crippen molar-refractivity contribution in [3.8, 4) is 0 Å². The second-order valence-corrected chi connectivity index (χ2v) is 3.99. The van der Waals surface area contributed by atoms with Crippen LogP contribution in [0, 0.1) is 0 Å². The van der Waals surface area contributed by atoms with Gasteiger partial charge in [0.05, 0.1) is 6.61 Å². The van der Waals surface area contributed by atoms with Gasteiger partial charge in [0.1, 0.15) is 0 Å². The molecule has 0 spiro atoms. The summed E-state index contributed by atoms with van der Waals surface area (Å²) in [5.41, 5.74) is 0. The van der Waals surface area contributed by atoms with Crippen LogP contribution in [0.2, 0.25) is 0 Å². The fourth-order valence-corrected chi connectivity index (χ4v) is 2.21. The minimum Gasteiger partial charge on any atom is -0.395 e. The number of aliphatic hydroxyl groups is 1. The fourth-order valence-electron chi connectivity index (χ4n) is 2.21. The molecule has 0 aromatic heterocycles. The summed E-state index contributed by atoms with van der Waals surface area (Å²) in [6.45, 7) is 5.58. The molecule has 0 atom stereocenters. The summed E-state index contributed by atoms with van der Waals surface area (Å²) in [7, 11) is 0. The van der Waals surface area contributed by atoms with Crippen molar-refractivity contribution in [1.29, 1.82) is 0 Å². The molecule has 1 rings (SSSR count). The standard InChI is InChI=1S/C10H21NO/c1-9(2)11(7-8-12)10-5-3-4-6-10/h9-10,12H,3-8H2,1-2H3. The molecule has 0 aliphatic heterocycles. The van der Waals surface area contributed by atoms with Crippen molar-refractivity contribution >= 4 is 0 Å². The number of aliphatic hydroxyl groups excluding tert-OH is 1. The first-order valence-electron chi connectivity index (χ1n) is 5.12. The minimum atomic E-state index is 0.300. The van der Waals surface area contributed by atoms with E-state index in [1.165, 1.54) is 25.7 Å². The molecule has 1 aliphatic carbocycles. The van der Waals surface area contributed by atoms with Gasteiger partial charge in [-0.05, 0) is 26.7 Å². The van der Waals surface area contributed by atoms with E-state index in [0.29, 0.717) is 12.6 Å². The Bertz CT molecular complexity index is 119. The Kier molecular flexibility index (Phi) is 4.02. The molecule has 0 amide bonds. The first-order valence-corrected chi connectivity index (χ1v) is 5.12. The molecule has 0 unspecified atom stereocenters. The molecule has 12 heavy (non-hydrogen) atoms. The van der Waals surface area contributed by atoms with Crippen molar-refractivity contribution in [1.82, 2.24) is 4.90 Å². The normalized spacial score (nSPS) is 19.8. The van der Waals surface area contributed by atoms with E-state index < -0.39 is 0 Å². The van der Waals surface area contributed by atoms with Crippen molar-refractivity contribution in [2.45, 2.75) is 51.6 Å². The third-order valence-corrected chi connectivity index (χ3v) is 2.82. The van der Waals surface area contributed by atoms with Gasteiger partial charge in [-0.1, -0.05) is 12.8 Å². The van der Waals surface area contributed by atoms with Gasteiger partial charge in [-0.3, -0.25) is 4.90 Å². The lowest BCUT2D eigenvalue weighted by Gasteiger charge is -2.31. The van der Waals surface area contributed by atoms with Gasteiger partial charge in [-0.2, -0.15) is 0 Å². The lowest BCUT2D eigenvalue weighted by Crippen LogP contribution is -2.40. The Labute approximate surface area is 75.6 Å². The number of hydrogen-bond donors (Lipinski definition) is 1. The lowest BCUT2D eigenvalue weighted by molar-refractivity contribution is 0.120. The van der Waals surface area contributed by atoms with Crippen LogP contribution in [0.1, 0.15) is 39.5 Å². The summed E-state index contributed by atoms with van der Waals surface area (Å²) in [4.78, 5) is 2.44. The van der Waals surface area contributed by atoms with E-state index in [9.17, 15) is 0 Å². The topological polar surface area (TPSA) is 23.5 Å². The van der Waals surface area contributed by atoms with Gasteiger partial charge in [0, 0.05) is 18.6 Å². The van der Waals surface area contributed by atoms with Gasteiger partial charge in [-0.25, -0.2) is 0 Å². The van der Waals surface area contributed by atoms with E-state index in [-0.39, 0.29) is 0 Å². The molecular formula is C10H21NO. The van der Waals surface area contributed by atoms with Gasteiger partial charge >= 0.3 is 0 Å². The Morgan fingerprint density at radius 1 is 1.33 bits per heavy atom. The molecule has 1 fully saturated rings. The van der Waals surface area contributed by atoms with Crippen LogP contribution in [0.4, 0.5) is 0 Å². The van der Waals surface area contributed by atoms with E-state index in [0.717, 1.165) is 12.6 Å². The van der Waals surface area contributed by atoms with Crippen LogP contribution in [-0.4, -0.2) is 35.2 Å². The molecule has 0 aromatic rings. The van der Waals surface area contributed by atoms with Gasteiger partial charge in [0.2, 0.25) is 0 Å². The number of rotatable bonds is 4. The van der Waals surface area contributed by atoms with Crippen molar-refractivity contribution < 1.29 is 5.11 Å². The zero-order chi connectivity index (χ0) is 8.97. The highest BCUT2D eigenvalue weighted by atomic mass is 16.3. The second kappa shape index (κ2) is 4.83. The van der Waals surface area contributed by atoms with Crippen LogP contribution in [-0.2, 0) is 0 Å². The molecule has 2 nitrogen and oxygen atoms in total. The monoisotopic (exact) mass is 171 g/mol. The summed E-state index contributed by atoms with van der Waals surface area (Å²) in [6, 6.07) is 1.33. The predicted molar refractivity (Wildman–Crippen MR) is 51.2 cm³/mol. The fraction of sp³-hybridized carbons (Fsp3) is 1.00. The van der Waals surface area contributed by atoms with Crippen LogP contribution in [0.3, 0.4) is 0 Å². The molecular weight excluding hydrogens is 150 g/mol. The van der Waals surface area contributed by atoms with Gasteiger partial charge < -0.3 is 5.11 Å². The summed E-state index contributed by atoms with van der Waals surface area (Å²) >= 11 is 0. The molecule has 0 saturated heterocycles. The molecule has 72 valence electrons. The van der Waals surface area contributed by atoms with E-state index in [4.69, 9.17) is 5.11 Å². The molecule has 1 aliphatic rings. The Hall–Kier alpha value is -0.0800. The molecule has 2 heteroatoms.